The Kier molecular flexibility index (Phi) is 4.17. The number of nitrogens with one attached hydrogen (secondary N) is 2. The van der Waals surface area contributed by atoms with E-state index in [9.17, 15) is 4.79 Å². The predicted octanol–water partition coefficient (Wildman–Crippen LogP) is 2.95. The van der Waals surface area contributed by atoms with Crippen LogP contribution in [0.5, 0.6) is 0 Å². The number of carbonyl (C=O) groups excluding carboxylic acids is 1. The van der Waals surface area contributed by atoms with Crippen LogP contribution >= 0.6 is 0 Å². The van der Waals surface area contributed by atoms with Crippen molar-refractivity contribution in [2.75, 3.05) is 11.9 Å². The number of carbonyl (C=O) groups is 1. The van der Waals surface area contributed by atoms with Gasteiger partial charge in [-0.05, 0) is 23.3 Å². The van der Waals surface area contributed by atoms with Crippen LogP contribution in [0.3, 0.4) is 0 Å². The summed E-state index contributed by atoms with van der Waals surface area (Å²) in [6.07, 6.45) is 0.864. The fourth-order valence-corrected chi connectivity index (χ4v) is 2.44. The first-order chi connectivity index (χ1) is 10.3. The predicted molar refractivity (Wildman–Crippen MR) is 82.2 cm³/mol. The van der Waals surface area contributed by atoms with E-state index in [1.807, 2.05) is 42.5 Å². The van der Waals surface area contributed by atoms with E-state index >= 15 is 0 Å². The van der Waals surface area contributed by atoms with Gasteiger partial charge in [-0.1, -0.05) is 42.5 Å². The molecule has 4 heteroatoms. The molecule has 2 N–H and O–H groups in total. The minimum atomic E-state index is -0.205. The lowest BCUT2D eigenvalue weighted by Crippen LogP contribution is -2.38. The van der Waals surface area contributed by atoms with Gasteiger partial charge in [0.15, 0.2) is 0 Å². The van der Waals surface area contributed by atoms with Crippen LogP contribution in [0, 0.1) is 0 Å². The van der Waals surface area contributed by atoms with Crippen molar-refractivity contribution >= 4 is 11.7 Å². The minimum absolute atomic E-state index is 0.0291. The summed E-state index contributed by atoms with van der Waals surface area (Å²) >= 11 is 0. The highest BCUT2D eigenvalue weighted by Crippen LogP contribution is 2.19. The molecule has 1 unspecified atom stereocenters. The van der Waals surface area contributed by atoms with Crippen LogP contribution in [-0.2, 0) is 17.8 Å². The van der Waals surface area contributed by atoms with Gasteiger partial charge in [-0.25, -0.2) is 4.79 Å². The number of ether oxygens (including phenoxy) is 1. The number of benzene rings is 2. The SMILES string of the molecule is O=C(NCC1Cc2ccccc2CO1)Nc1ccccc1. The van der Waals surface area contributed by atoms with Crippen LogP contribution in [0.1, 0.15) is 11.1 Å². The molecule has 3 rings (SSSR count). The molecule has 0 saturated carbocycles. The molecule has 0 radical (unpaired) electrons. The van der Waals surface area contributed by atoms with Crippen molar-refractivity contribution in [2.45, 2.75) is 19.1 Å². The Morgan fingerprint density at radius 1 is 1.05 bits per heavy atom. The molecule has 0 bridgehead atoms. The Hall–Kier alpha value is -2.33. The standard InChI is InChI=1S/C17H18N2O2/c20-17(19-15-8-2-1-3-9-15)18-11-16-10-13-6-4-5-7-14(13)12-21-16/h1-9,16H,10-12H2,(H2,18,19,20). The van der Waals surface area contributed by atoms with Gasteiger partial charge in [-0.2, -0.15) is 0 Å². The molecule has 1 heterocycles. The van der Waals surface area contributed by atoms with Crippen molar-refractivity contribution in [2.24, 2.45) is 0 Å². The zero-order chi connectivity index (χ0) is 14.5. The van der Waals surface area contributed by atoms with Gasteiger partial charge in [-0.15, -0.1) is 0 Å². The first kappa shape index (κ1) is 13.6. The maximum absolute atomic E-state index is 11.8. The Bertz CT molecular complexity index is 613. The van der Waals surface area contributed by atoms with Crippen LogP contribution in [-0.4, -0.2) is 18.7 Å². The third kappa shape index (κ3) is 3.61. The number of rotatable bonds is 3. The molecule has 21 heavy (non-hydrogen) atoms. The fourth-order valence-electron chi connectivity index (χ4n) is 2.44. The zero-order valence-corrected chi connectivity index (χ0v) is 11.7. The van der Waals surface area contributed by atoms with E-state index in [-0.39, 0.29) is 12.1 Å². The maximum Gasteiger partial charge on any atom is 0.319 e. The van der Waals surface area contributed by atoms with Gasteiger partial charge in [0.2, 0.25) is 0 Å². The lowest BCUT2D eigenvalue weighted by atomic mass is 9.99. The normalized spacial score (nSPS) is 16.9. The van der Waals surface area contributed by atoms with Crippen molar-refractivity contribution in [3.05, 3.63) is 65.7 Å². The van der Waals surface area contributed by atoms with Crippen molar-refractivity contribution in [1.82, 2.24) is 5.32 Å². The summed E-state index contributed by atoms with van der Waals surface area (Å²) in [6.45, 7) is 1.12. The molecule has 1 aliphatic heterocycles. The highest BCUT2D eigenvalue weighted by atomic mass is 16.5. The highest BCUT2D eigenvalue weighted by Gasteiger charge is 2.19. The quantitative estimate of drug-likeness (QED) is 0.909. The molecule has 0 spiro atoms. The third-order valence-electron chi connectivity index (χ3n) is 3.56. The van der Waals surface area contributed by atoms with Gasteiger partial charge >= 0.3 is 6.03 Å². The highest BCUT2D eigenvalue weighted by molar-refractivity contribution is 5.89. The van der Waals surface area contributed by atoms with Crippen molar-refractivity contribution < 1.29 is 9.53 Å². The summed E-state index contributed by atoms with van der Waals surface area (Å²) in [5.74, 6) is 0. The van der Waals surface area contributed by atoms with Gasteiger partial charge in [-0.3, -0.25) is 0 Å². The Balaban J connectivity index is 1.49. The number of hydrogen-bond donors (Lipinski definition) is 2. The molecule has 108 valence electrons. The molecule has 2 amide bonds. The number of urea groups is 1. The van der Waals surface area contributed by atoms with E-state index < -0.39 is 0 Å². The van der Waals surface area contributed by atoms with E-state index in [2.05, 4.69) is 22.8 Å². The van der Waals surface area contributed by atoms with E-state index in [1.54, 1.807) is 0 Å². The topological polar surface area (TPSA) is 50.4 Å². The number of anilines is 1. The van der Waals surface area contributed by atoms with Gasteiger partial charge < -0.3 is 15.4 Å². The molecule has 4 nitrogen and oxygen atoms in total. The second-order valence-electron chi connectivity index (χ2n) is 5.11. The smallest absolute Gasteiger partial charge is 0.319 e. The van der Waals surface area contributed by atoms with Crippen molar-refractivity contribution in [3.8, 4) is 0 Å². The number of para-hydroxylation sites is 1. The summed E-state index contributed by atoms with van der Waals surface area (Å²) in [5, 5.41) is 5.65. The first-order valence-electron chi connectivity index (χ1n) is 7.09. The minimum Gasteiger partial charge on any atom is -0.371 e. The zero-order valence-electron chi connectivity index (χ0n) is 11.7. The van der Waals surface area contributed by atoms with Crippen LogP contribution in [0.25, 0.3) is 0 Å². The average molecular weight is 282 g/mol. The van der Waals surface area contributed by atoms with E-state index in [0.29, 0.717) is 13.2 Å². The molecule has 1 aliphatic rings. The van der Waals surface area contributed by atoms with Crippen molar-refractivity contribution in [3.63, 3.8) is 0 Å². The second-order valence-corrected chi connectivity index (χ2v) is 5.11. The van der Waals surface area contributed by atoms with E-state index in [0.717, 1.165) is 12.1 Å². The summed E-state index contributed by atoms with van der Waals surface area (Å²) < 4.78 is 5.76. The van der Waals surface area contributed by atoms with Crippen LogP contribution in [0.4, 0.5) is 10.5 Å². The summed E-state index contributed by atoms with van der Waals surface area (Å²) in [5.41, 5.74) is 3.33. The lowest BCUT2D eigenvalue weighted by Gasteiger charge is -2.25. The number of amides is 2. The van der Waals surface area contributed by atoms with E-state index in [1.165, 1.54) is 11.1 Å². The molecule has 2 aromatic carbocycles. The molecule has 0 aromatic heterocycles. The maximum atomic E-state index is 11.8. The number of fused-ring (bicyclic) bond motifs is 1. The molecule has 2 aromatic rings. The molecule has 0 saturated heterocycles. The molecule has 1 atom stereocenters. The van der Waals surface area contributed by atoms with Crippen LogP contribution in [0.2, 0.25) is 0 Å². The van der Waals surface area contributed by atoms with E-state index in [4.69, 9.17) is 4.74 Å². The molecule has 0 fully saturated rings. The summed E-state index contributed by atoms with van der Waals surface area (Å²) in [6, 6.07) is 17.5. The second kappa shape index (κ2) is 6.41. The summed E-state index contributed by atoms with van der Waals surface area (Å²) in [4.78, 5) is 11.8. The molecular weight excluding hydrogens is 264 g/mol. The lowest BCUT2D eigenvalue weighted by molar-refractivity contribution is 0.0308. The Morgan fingerprint density at radius 3 is 2.57 bits per heavy atom. The Labute approximate surface area is 124 Å². The number of hydrogen-bond acceptors (Lipinski definition) is 2. The van der Waals surface area contributed by atoms with Gasteiger partial charge in [0, 0.05) is 18.7 Å². The largest absolute Gasteiger partial charge is 0.371 e. The average Bonchev–Trinajstić information content (AvgIpc) is 2.54. The molecular formula is C17H18N2O2. The van der Waals surface area contributed by atoms with Crippen molar-refractivity contribution in [1.29, 1.82) is 0 Å². The molecule has 0 aliphatic carbocycles. The van der Waals surface area contributed by atoms with Crippen LogP contribution < -0.4 is 10.6 Å². The summed E-state index contributed by atoms with van der Waals surface area (Å²) in [7, 11) is 0. The third-order valence-corrected chi connectivity index (χ3v) is 3.56. The first-order valence-corrected chi connectivity index (χ1v) is 7.09. The van der Waals surface area contributed by atoms with Gasteiger partial charge in [0.1, 0.15) is 0 Å². The monoisotopic (exact) mass is 282 g/mol. The van der Waals surface area contributed by atoms with Crippen LogP contribution in [0.15, 0.2) is 54.6 Å². The van der Waals surface area contributed by atoms with Gasteiger partial charge in [0.25, 0.3) is 0 Å². The van der Waals surface area contributed by atoms with Gasteiger partial charge in [0.05, 0.1) is 12.7 Å². The Morgan fingerprint density at radius 2 is 1.76 bits per heavy atom. The fraction of sp³-hybridized carbons (Fsp3) is 0.235.